The molecule has 1 fully saturated rings. The molecule has 2 aromatic carbocycles. The van der Waals surface area contributed by atoms with Gasteiger partial charge in [0, 0.05) is 36.5 Å². The van der Waals surface area contributed by atoms with Crippen molar-refractivity contribution in [2.45, 2.75) is 275 Å². The lowest BCUT2D eigenvalue weighted by molar-refractivity contribution is -0.303. The van der Waals surface area contributed by atoms with Crippen LogP contribution in [-0.2, 0) is 55.9 Å². The number of nitrogens with one attached hydrogen (secondary N) is 5. The summed E-state index contributed by atoms with van der Waals surface area (Å²) in [6, 6.07) is 9.50. The Morgan fingerprint density at radius 1 is 0.700 bits per heavy atom. The molecule has 24 heteroatoms. The third-order valence-corrected chi connectivity index (χ3v) is 16.1. The van der Waals surface area contributed by atoms with E-state index in [1.807, 2.05) is 12.1 Å². The molecule has 508 valence electrons. The second-order valence-corrected chi connectivity index (χ2v) is 24.0. The van der Waals surface area contributed by atoms with Gasteiger partial charge in [0.1, 0.15) is 61.1 Å². The standard InChI is InChI=1S/C66H107FN8O15/c1-4-5-6-7-8-9-10-11-12-16-19-23-30-54(89-57(79)32-25-20-17-14-13-15-18-22-28-48-33-37-50(67)38-34-48)59(80)53(45-87-65-62(83)61(82)60(81)55(43-76)90-65)73-66(86)88-44-49-35-39-51(40-36-49)71-63(84)52(29-27-41-69-46-77)72-64(85)58(47(2)3)74-56(78)31-24-21-26-42-70-75-68/h33-40,46-47,52-55,58-62,65,76,80-83H,4-32,41-45H2,1-3H3,(H,69,77)(H,71,84)(H,72,85)(H,73,86)(H,74,78)/t52-,53-,54+,55?,58-,59-,60-,61-,62?,65-/m0/s1. The van der Waals surface area contributed by atoms with Crippen molar-refractivity contribution in [3.05, 3.63) is 75.9 Å². The van der Waals surface area contributed by atoms with Crippen molar-refractivity contribution in [2.24, 2.45) is 11.0 Å². The van der Waals surface area contributed by atoms with Gasteiger partial charge in [0.2, 0.25) is 24.1 Å². The fourth-order valence-corrected chi connectivity index (χ4v) is 10.6. The molecule has 1 heterocycles. The molecule has 10 atom stereocenters. The Balaban J connectivity index is 1.70. The first kappa shape index (κ1) is 78.3. The minimum atomic E-state index is -1.79. The van der Waals surface area contributed by atoms with E-state index in [4.69, 9.17) is 24.5 Å². The number of unbranched alkanes of at least 4 members (excludes halogenated alkanes) is 20. The second kappa shape index (κ2) is 47.9. The summed E-state index contributed by atoms with van der Waals surface area (Å²) in [5.74, 6) is -2.58. The Morgan fingerprint density at radius 3 is 1.90 bits per heavy atom. The molecule has 0 saturated carbocycles. The lowest BCUT2D eigenvalue weighted by Crippen LogP contribution is -2.60. The highest BCUT2D eigenvalue weighted by Gasteiger charge is 2.45. The molecule has 90 heavy (non-hydrogen) atoms. The fourth-order valence-electron chi connectivity index (χ4n) is 10.6. The molecule has 5 amide bonds. The van der Waals surface area contributed by atoms with Gasteiger partial charge in [-0.3, -0.25) is 24.0 Å². The maximum absolute atomic E-state index is 13.8. The number of aliphatic hydroxyl groups is 5. The van der Waals surface area contributed by atoms with Gasteiger partial charge in [0.25, 0.3) is 0 Å². The quantitative estimate of drug-likeness (QED) is 0.00736. The van der Waals surface area contributed by atoms with Crippen molar-refractivity contribution in [3.8, 4) is 0 Å². The Hall–Kier alpha value is -5.98. The fraction of sp³-hybridized carbons (Fsp3) is 0.727. The van der Waals surface area contributed by atoms with E-state index in [-0.39, 0.29) is 56.5 Å². The van der Waals surface area contributed by atoms with Gasteiger partial charge >= 0.3 is 12.1 Å². The maximum atomic E-state index is 13.8. The molecule has 0 radical (unpaired) electrons. The van der Waals surface area contributed by atoms with Gasteiger partial charge < -0.3 is 71.1 Å². The molecule has 2 unspecified atom stereocenters. The molecule has 0 spiro atoms. The molecule has 1 aliphatic rings. The number of ether oxygens (including phenoxy) is 4. The number of carbonyl (C=O) groups excluding carboxylic acids is 6. The molecule has 0 aliphatic carbocycles. The van der Waals surface area contributed by atoms with Crippen molar-refractivity contribution in [1.29, 1.82) is 0 Å². The number of alkyl carbamates (subject to hydrolysis) is 1. The van der Waals surface area contributed by atoms with E-state index in [0.29, 0.717) is 62.7 Å². The molecular formula is C66H107FN8O15. The molecule has 0 bridgehead atoms. The van der Waals surface area contributed by atoms with Crippen LogP contribution in [-0.4, -0.2) is 149 Å². The Labute approximate surface area is 532 Å². The van der Waals surface area contributed by atoms with Crippen LogP contribution in [0, 0.1) is 11.7 Å². The van der Waals surface area contributed by atoms with Gasteiger partial charge in [-0.2, -0.15) is 0 Å². The van der Waals surface area contributed by atoms with Gasteiger partial charge in [-0.1, -0.05) is 166 Å². The molecule has 1 aliphatic heterocycles. The third kappa shape index (κ3) is 33.4. The number of nitrogens with zero attached hydrogens (tertiary/aromatic N) is 3. The Bertz CT molecular complexity index is 2350. The van der Waals surface area contributed by atoms with Gasteiger partial charge in [-0.05, 0) is 105 Å². The predicted octanol–water partition coefficient (Wildman–Crippen LogP) is 9.32. The number of benzene rings is 2. The molecule has 23 nitrogen and oxygen atoms in total. The number of hydrogen-bond donors (Lipinski definition) is 10. The number of rotatable bonds is 51. The minimum Gasteiger partial charge on any atom is -0.460 e. The van der Waals surface area contributed by atoms with Gasteiger partial charge in [-0.25, -0.2) is 9.18 Å². The normalized spacial score (nSPS) is 18.0. The van der Waals surface area contributed by atoms with E-state index in [1.54, 1.807) is 38.1 Å². The lowest BCUT2D eigenvalue weighted by atomic mass is 9.98. The molecule has 10 N–H and O–H groups in total. The van der Waals surface area contributed by atoms with Crippen molar-refractivity contribution in [1.82, 2.24) is 21.3 Å². The number of carbonyl (C=O) groups is 6. The third-order valence-electron chi connectivity index (χ3n) is 16.1. The summed E-state index contributed by atoms with van der Waals surface area (Å²) in [4.78, 5) is 81.2. The molecular weight excluding hydrogens is 1160 g/mol. The van der Waals surface area contributed by atoms with Crippen molar-refractivity contribution < 1.29 is 77.6 Å². The van der Waals surface area contributed by atoms with Crippen LogP contribution in [0.5, 0.6) is 0 Å². The smallest absolute Gasteiger partial charge is 0.407 e. The lowest BCUT2D eigenvalue weighted by Gasteiger charge is -2.40. The summed E-state index contributed by atoms with van der Waals surface area (Å²) >= 11 is 0. The average Bonchev–Trinajstić information content (AvgIpc) is 2.88. The van der Waals surface area contributed by atoms with E-state index in [2.05, 4.69) is 43.5 Å². The highest BCUT2D eigenvalue weighted by Crippen LogP contribution is 2.25. The second-order valence-electron chi connectivity index (χ2n) is 24.0. The van der Waals surface area contributed by atoms with Gasteiger partial charge in [0.15, 0.2) is 6.29 Å². The monoisotopic (exact) mass is 1270 g/mol. The van der Waals surface area contributed by atoms with E-state index in [0.717, 1.165) is 89.0 Å². The van der Waals surface area contributed by atoms with Crippen molar-refractivity contribution in [3.63, 3.8) is 0 Å². The summed E-state index contributed by atoms with van der Waals surface area (Å²) < 4.78 is 36.3. The first-order valence-electron chi connectivity index (χ1n) is 33.2. The summed E-state index contributed by atoms with van der Waals surface area (Å²) in [6.07, 6.45) is 12.9. The number of aliphatic hydroxyl groups excluding tert-OH is 5. The summed E-state index contributed by atoms with van der Waals surface area (Å²) in [7, 11) is 0. The number of azide groups is 1. The Kier molecular flexibility index (Phi) is 41.6. The SMILES string of the molecule is CCCCCCCCCCCCCC[C@@H](OC(=O)CCCCCCCCCCc1ccc(F)cc1)[C@@H](O)[C@H](CO[C@H]1OC(CO)[C@H](O)[C@H](O)C1O)NC(=O)OCc1ccc(NC(=O)[C@H](CCCNC=O)NC(=O)[C@@H](NC(=O)CCCCCN=[N+]=[N-])C(C)C)cc1. The van der Waals surface area contributed by atoms with E-state index < -0.39 is 98.1 Å². The highest BCUT2D eigenvalue weighted by atomic mass is 19.1. The zero-order chi connectivity index (χ0) is 65.7. The molecule has 3 rings (SSSR count). The largest absolute Gasteiger partial charge is 0.460 e. The molecule has 2 aromatic rings. The minimum absolute atomic E-state index is 0.103. The van der Waals surface area contributed by atoms with Crippen molar-refractivity contribution in [2.75, 3.05) is 31.6 Å². The Morgan fingerprint density at radius 2 is 1.29 bits per heavy atom. The zero-order valence-corrected chi connectivity index (χ0v) is 53.6. The number of halogens is 1. The first-order chi connectivity index (χ1) is 43.5. The van der Waals surface area contributed by atoms with Crippen LogP contribution in [0.25, 0.3) is 10.4 Å². The first-order valence-corrected chi connectivity index (χ1v) is 33.2. The number of esters is 1. The van der Waals surface area contributed by atoms with E-state index in [1.165, 1.54) is 50.7 Å². The van der Waals surface area contributed by atoms with Gasteiger partial charge in [-0.15, -0.1) is 0 Å². The summed E-state index contributed by atoms with van der Waals surface area (Å²) in [5, 5.41) is 70.7. The average molecular weight is 1270 g/mol. The zero-order valence-electron chi connectivity index (χ0n) is 53.6. The number of anilines is 1. The highest BCUT2D eigenvalue weighted by molar-refractivity contribution is 5.98. The van der Waals surface area contributed by atoms with E-state index in [9.17, 15) is 58.7 Å². The van der Waals surface area contributed by atoms with Crippen molar-refractivity contribution >= 4 is 41.9 Å². The number of amides is 5. The van der Waals surface area contributed by atoms with Crippen LogP contribution >= 0.6 is 0 Å². The topological polar surface area (TPSA) is 349 Å². The van der Waals surface area contributed by atoms with Crippen LogP contribution in [0.1, 0.15) is 212 Å². The van der Waals surface area contributed by atoms with Gasteiger partial charge in [0.05, 0.1) is 19.3 Å². The molecule has 0 aromatic heterocycles. The van der Waals surface area contributed by atoms with E-state index >= 15 is 0 Å². The van der Waals surface area contributed by atoms with Crippen LogP contribution in [0.2, 0.25) is 0 Å². The predicted molar refractivity (Wildman–Crippen MR) is 340 cm³/mol. The number of aryl methyl sites for hydroxylation is 1. The van der Waals surface area contributed by atoms with Crippen LogP contribution in [0.15, 0.2) is 53.6 Å². The van der Waals surface area contributed by atoms with Crippen LogP contribution in [0.4, 0.5) is 14.9 Å². The number of hydrogen-bond acceptors (Lipinski definition) is 16. The summed E-state index contributed by atoms with van der Waals surface area (Å²) in [6.45, 7) is 4.69. The summed E-state index contributed by atoms with van der Waals surface area (Å²) in [5.41, 5.74) is 10.4. The maximum Gasteiger partial charge on any atom is 0.407 e. The van der Waals surface area contributed by atoms with Crippen LogP contribution < -0.4 is 26.6 Å². The molecule has 1 saturated heterocycles. The van der Waals surface area contributed by atoms with Crippen LogP contribution in [0.3, 0.4) is 0 Å².